The normalized spacial score (nSPS) is 10.6. The highest BCUT2D eigenvalue weighted by molar-refractivity contribution is 9.10. The van der Waals surface area contributed by atoms with Crippen LogP contribution in [-0.4, -0.2) is 27.1 Å². The topological polar surface area (TPSA) is 118 Å². The van der Waals surface area contributed by atoms with Crippen LogP contribution in [0.3, 0.4) is 0 Å². The van der Waals surface area contributed by atoms with Crippen molar-refractivity contribution in [3.05, 3.63) is 62.4 Å². The second-order valence-electron chi connectivity index (χ2n) is 4.03. The Balaban J connectivity index is 2.17. The van der Waals surface area contributed by atoms with Gasteiger partial charge in [0.15, 0.2) is 0 Å². The smallest absolute Gasteiger partial charge is 0.312 e. The molecule has 2 rings (SSSR count). The van der Waals surface area contributed by atoms with E-state index in [-0.39, 0.29) is 11.3 Å². The molecule has 1 heterocycles. The molecule has 0 fully saturated rings. The minimum atomic E-state index is -0.718. The Kier molecular flexibility index (Phi) is 4.79. The fraction of sp³-hybridized carbons (Fsp3) is 0. The van der Waals surface area contributed by atoms with Gasteiger partial charge in [-0.2, -0.15) is 5.10 Å². The molecule has 8 nitrogen and oxygen atoms in total. The van der Waals surface area contributed by atoms with Gasteiger partial charge in [0, 0.05) is 22.3 Å². The Morgan fingerprint density at radius 2 is 2.23 bits per heavy atom. The summed E-state index contributed by atoms with van der Waals surface area (Å²) in [4.78, 5) is 25.6. The van der Waals surface area contributed by atoms with Gasteiger partial charge in [-0.1, -0.05) is 22.0 Å². The number of nitrogens with zero attached hydrogens (tertiary/aromatic N) is 3. The number of pyridine rings is 1. The van der Waals surface area contributed by atoms with Crippen LogP contribution in [0.4, 0.5) is 5.69 Å². The Morgan fingerprint density at radius 1 is 1.45 bits per heavy atom. The molecule has 22 heavy (non-hydrogen) atoms. The van der Waals surface area contributed by atoms with Crippen molar-refractivity contribution in [1.82, 2.24) is 10.4 Å². The number of hydrazone groups is 1. The van der Waals surface area contributed by atoms with E-state index < -0.39 is 22.3 Å². The fourth-order valence-corrected chi connectivity index (χ4v) is 2.02. The lowest BCUT2D eigenvalue weighted by Gasteiger charge is -2.02. The molecule has 0 saturated carbocycles. The quantitative estimate of drug-likeness (QED) is 0.489. The summed E-state index contributed by atoms with van der Waals surface area (Å²) in [6.07, 6.45) is 2.57. The van der Waals surface area contributed by atoms with Gasteiger partial charge in [0.25, 0.3) is 5.91 Å². The van der Waals surface area contributed by atoms with Gasteiger partial charge in [0.05, 0.1) is 11.1 Å². The number of amides is 1. The lowest BCUT2D eigenvalue weighted by atomic mass is 10.2. The lowest BCUT2D eigenvalue weighted by Crippen LogP contribution is -2.18. The molecule has 1 amide bonds. The number of aromatic hydroxyl groups is 1. The van der Waals surface area contributed by atoms with Crippen LogP contribution in [-0.2, 0) is 0 Å². The van der Waals surface area contributed by atoms with Gasteiger partial charge >= 0.3 is 5.69 Å². The number of carbonyl (C=O) groups is 1. The van der Waals surface area contributed by atoms with Crippen LogP contribution in [0.5, 0.6) is 5.75 Å². The maximum Gasteiger partial charge on any atom is 0.312 e. The van der Waals surface area contributed by atoms with E-state index in [1.54, 1.807) is 12.1 Å². The summed E-state index contributed by atoms with van der Waals surface area (Å²) in [6, 6.07) is 7.41. The number of rotatable bonds is 4. The molecule has 0 aliphatic carbocycles. The molecule has 0 aliphatic rings. The highest BCUT2D eigenvalue weighted by atomic mass is 79.9. The number of hydrogen-bond donors (Lipinski definition) is 2. The van der Waals surface area contributed by atoms with Crippen molar-refractivity contribution >= 4 is 33.7 Å². The van der Waals surface area contributed by atoms with Gasteiger partial charge in [-0.15, -0.1) is 0 Å². The Bertz CT molecular complexity index is 749. The number of phenolic OH excluding ortho intramolecular Hbond substituents is 1. The summed E-state index contributed by atoms with van der Waals surface area (Å²) < 4.78 is 0.398. The van der Waals surface area contributed by atoms with E-state index in [0.29, 0.717) is 4.47 Å². The first-order chi connectivity index (χ1) is 10.5. The van der Waals surface area contributed by atoms with E-state index in [4.69, 9.17) is 0 Å². The molecule has 1 aromatic heterocycles. The highest BCUT2D eigenvalue weighted by Gasteiger charge is 2.17. The molecular formula is C13H9BrN4O4. The van der Waals surface area contributed by atoms with Gasteiger partial charge in [-0.05, 0) is 18.2 Å². The van der Waals surface area contributed by atoms with Gasteiger partial charge in [-0.25, -0.2) is 5.43 Å². The van der Waals surface area contributed by atoms with E-state index in [1.807, 2.05) is 0 Å². The van der Waals surface area contributed by atoms with Crippen LogP contribution in [0.2, 0.25) is 0 Å². The Labute approximate surface area is 132 Å². The number of hydrogen-bond acceptors (Lipinski definition) is 6. The summed E-state index contributed by atoms with van der Waals surface area (Å²) in [6.45, 7) is 0. The van der Waals surface area contributed by atoms with Crippen molar-refractivity contribution in [1.29, 1.82) is 0 Å². The molecule has 9 heteroatoms. The molecule has 2 N–H and O–H groups in total. The van der Waals surface area contributed by atoms with Gasteiger partial charge in [0.1, 0.15) is 5.69 Å². The number of halogens is 1. The Hall–Kier alpha value is -2.81. The van der Waals surface area contributed by atoms with E-state index in [9.17, 15) is 20.0 Å². The van der Waals surface area contributed by atoms with Crippen molar-refractivity contribution in [3.63, 3.8) is 0 Å². The van der Waals surface area contributed by atoms with Crippen LogP contribution >= 0.6 is 15.9 Å². The third-order valence-electron chi connectivity index (χ3n) is 2.55. The molecule has 0 atom stereocenters. The van der Waals surface area contributed by atoms with Gasteiger partial charge < -0.3 is 5.11 Å². The maximum atomic E-state index is 11.7. The first-order valence-corrected chi connectivity index (χ1v) is 6.69. The van der Waals surface area contributed by atoms with Crippen molar-refractivity contribution in [3.8, 4) is 5.75 Å². The van der Waals surface area contributed by atoms with Crippen LogP contribution in [0.1, 0.15) is 16.1 Å². The number of nitrogens with one attached hydrogen (secondary N) is 1. The van der Waals surface area contributed by atoms with Crippen LogP contribution in [0, 0.1) is 10.1 Å². The minimum absolute atomic E-state index is 0.0856. The molecule has 0 spiro atoms. The molecule has 0 aliphatic heterocycles. The second kappa shape index (κ2) is 6.76. The predicted molar refractivity (Wildman–Crippen MR) is 81.8 cm³/mol. The van der Waals surface area contributed by atoms with Crippen LogP contribution in [0.25, 0.3) is 0 Å². The first-order valence-electron chi connectivity index (χ1n) is 5.90. The van der Waals surface area contributed by atoms with Crippen molar-refractivity contribution in [2.75, 3.05) is 0 Å². The number of benzene rings is 1. The average molecular weight is 365 g/mol. The number of nitro groups is 1. The van der Waals surface area contributed by atoms with Crippen LogP contribution < -0.4 is 5.43 Å². The zero-order valence-corrected chi connectivity index (χ0v) is 12.5. The average Bonchev–Trinajstić information content (AvgIpc) is 2.50. The second-order valence-corrected chi connectivity index (χ2v) is 4.95. The molecule has 0 saturated heterocycles. The molecule has 2 aromatic rings. The molecule has 0 unspecified atom stereocenters. The van der Waals surface area contributed by atoms with Crippen molar-refractivity contribution in [2.24, 2.45) is 5.10 Å². The first kappa shape index (κ1) is 15.6. The maximum absolute atomic E-state index is 11.7. The van der Waals surface area contributed by atoms with E-state index in [0.717, 1.165) is 6.21 Å². The van der Waals surface area contributed by atoms with E-state index in [1.165, 1.54) is 24.4 Å². The predicted octanol–water partition coefficient (Wildman–Crippen LogP) is 2.22. The summed E-state index contributed by atoms with van der Waals surface area (Å²) in [5, 5.41) is 24.2. The fourth-order valence-electron chi connectivity index (χ4n) is 1.56. The monoisotopic (exact) mass is 364 g/mol. The number of carbonyl (C=O) groups excluding carboxylic acids is 1. The SMILES string of the molecule is O=C(N/N=C/c1cc(Br)cc([N+](=O)[O-])c1O)c1ccccn1. The zero-order chi connectivity index (χ0) is 16.1. The standard InChI is InChI=1S/C13H9BrN4O4/c14-9-5-8(12(19)11(6-9)18(21)22)7-16-17-13(20)10-3-1-2-4-15-10/h1-7,19H,(H,17,20)/b16-7+. The molecule has 0 radical (unpaired) electrons. The summed E-state index contributed by atoms with van der Waals surface area (Å²) in [5.74, 6) is -1.08. The van der Waals surface area contributed by atoms with Crippen molar-refractivity contribution in [2.45, 2.75) is 0 Å². The van der Waals surface area contributed by atoms with Gasteiger partial charge in [-0.3, -0.25) is 19.9 Å². The van der Waals surface area contributed by atoms with Crippen molar-refractivity contribution < 1.29 is 14.8 Å². The third-order valence-corrected chi connectivity index (χ3v) is 3.01. The van der Waals surface area contributed by atoms with Crippen LogP contribution in [0.15, 0.2) is 46.1 Å². The lowest BCUT2D eigenvalue weighted by molar-refractivity contribution is -0.385. The molecule has 112 valence electrons. The summed E-state index contributed by atoms with van der Waals surface area (Å²) >= 11 is 3.10. The number of aromatic nitrogens is 1. The minimum Gasteiger partial charge on any atom is -0.502 e. The largest absolute Gasteiger partial charge is 0.502 e. The van der Waals surface area contributed by atoms with E-state index in [2.05, 4.69) is 31.4 Å². The van der Waals surface area contributed by atoms with E-state index >= 15 is 0 Å². The van der Waals surface area contributed by atoms with Gasteiger partial charge in [0.2, 0.25) is 5.75 Å². The highest BCUT2D eigenvalue weighted by Crippen LogP contribution is 2.32. The summed E-state index contributed by atoms with van der Waals surface area (Å²) in [5.41, 5.74) is 2.00. The molecule has 1 aromatic carbocycles. The molecular weight excluding hydrogens is 356 g/mol. The summed E-state index contributed by atoms with van der Waals surface area (Å²) in [7, 11) is 0. The molecule has 0 bridgehead atoms. The zero-order valence-electron chi connectivity index (χ0n) is 10.9. The number of nitro benzene ring substituents is 1. The Morgan fingerprint density at radius 3 is 2.86 bits per heavy atom. The third kappa shape index (κ3) is 3.64. The number of phenols is 1.